The summed E-state index contributed by atoms with van der Waals surface area (Å²) in [6.45, 7) is 5.52. The SMILES string of the molecule is CCCCCC(=O)OCCCCCCCCCCCCCCCCCCOC(=O)CCCCC. The maximum Gasteiger partial charge on any atom is 0.305 e. The van der Waals surface area contributed by atoms with Crippen LogP contribution in [0.5, 0.6) is 0 Å². The molecule has 4 heteroatoms. The highest BCUT2D eigenvalue weighted by atomic mass is 16.5. The van der Waals surface area contributed by atoms with Crippen LogP contribution in [0, 0.1) is 0 Å². The van der Waals surface area contributed by atoms with Gasteiger partial charge in [-0.05, 0) is 25.7 Å². The number of hydrogen-bond acceptors (Lipinski definition) is 4. The normalized spacial score (nSPS) is 11.0. The van der Waals surface area contributed by atoms with Gasteiger partial charge in [0.15, 0.2) is 0 Å². The molecule has 0 aliphatic rings. The summed E-state index contributed by atoms with van der Waals surface area (Å²) >= 11 is 0. The molecule has 0 bridgehead atoms. The van der Waals surface area contributed by atoms with Gasteiger partial charge in [0, 0.05) is 12.8 Å². The Hall–Kier alpha value is -1.06. The van der Waals surface area contributed by atoms with E-state index in [1.807, 2.05) is 0 Å². The highest BCUT2D eigenvalue weighted by Gasteiger charge is 2.03. The van der Waals surface area contributed by atoms with Gasteiger partial charge in [0.25, 0.3) is 0 Å². The van der Waals surface area contributed by atoms with E-state index in [9.17, 15) is 9.59 Å². The van der Waals surface area contributed by atoms with E-state index >= 15 is 0 Å². The Morgan fingerprint density at radius 2 is 0.647 bits per heavy atom. The predicted molar refractivity (Wildman–Crippen MR) is 144 cm³/mol. The molecule has 0 heterocycles. The van der Waals surface area contributed by atoms with Crippen molar-refractivity contribution >= 4 is 11.9 Å². The lowest BCUT2D eigenvalue weighted by atomic mass is 10.0. The topological polar surface area (TPSA) is 52.6 Å². The summed E-state index contributed by atoms with van der Waals surface area (Å²) in [6.07, 6.45) is 28.2. The van der Waals surface area contributed by atoms with Crippen LogP contribution < -0.4 is 0 Å². The van der Waals surface area contributed by atoms with E-state index in [2.05, 4.69) is 13.8 Å². The summed E-state index contributed by atoms with van der Waals surface area (Å²) in [7, 11) is 0. The molecule has 0 fully saturated rings. The minimum Gasteiger partial charge on any atom is -0.466 e. The minimum atomic E-state index is -0.0129. The molecule has 0 aliphatic carbocycles. The molecule has 0 amide bonds. The van der Waals surface area contributed by atoms with Crippen molar-refractivity contribution < 1.29 is 19.1 Å². The van der Waals surface area contributed by atoms with Crippen LogP contribution >= 0.6 is 0 Å². The molecule has 0 aliphatic heterocycles. The zero-order valence-electron chi connectivity index (χ0n) is 23.0. The second-order valence-corrected chi connectivity index (χ2v) is 10.0. The van der Waals surface area contributed by atoms with Crippen LogP contribution in [0.2, 0.25) is 0 Å². The molecular weight excluding hydrogens is 424 g/mol. The lowest BCUT2D eigenvalue weighted by Crippen LogP contribution is -2.05. The van der Waals surface area contributed by atoms with E-state index in [0.29, 0.717) is 26.1 Å². The van der Waals surface area contributed by atoms with Gasteiger partial charge in [-0.3, -0.25) is 9.59 Å². The van der Waals surface area contributed by atoms with Crippen LogP contribution in [0.4, 0.5) is 0 Å². The van der Waals surface area contributed by atoms with Crippen molar-refractivity contribution in [3.05, 3.63) is 0 Å². The Morgan fingerprint density at radius 3 is 0.912 bits per heavy atom. The Labute approximate surface area is 212 Å². The third-order valence-corrected chi connectivity index (χ3v) is 6.53. The quantitative estimate of drug-likeness (QED) is 0.0864. The summed E-state index contributed by atoms with van der Waals surface area (Å²) in [4.78, 5) is 23.0. The second-order valence-electron chi connectivity index (χ2n) is 10.0. The maximum atomic E-state index is 11.5. The van der Waals surface area contributed by atoms with Crippen LogP contribution in [-0.4, -0.2) is 25.2 Å². The van der Waals surface area contributed by atoms with Gasteiger partial charge in [-0.25, -0.2) is 0 Å². The molecule has 0 aromatic heterocycles. The van der Waals surface area contributed by atoms with Crippen molar-refractivity contribution in [1.29, 1.82) is 0 Å². The molecule has 4 nitrogen and oxygen atoms in total. The molecule has 0 aromatic carbocycles. The molecule has 0 atom stereocenters. The predicted octanol–water partition coefficient (Wildman–Crippen LogP) is 9.48. The molecule has 34 heavy (non-hydrogen) atoms. The molecule has 0 radical (unpaired) electrons. The molecule has 0 N–H and O–H groups in total. The van der Waals surface area contributed by atoms with E-state index in [-0.39, 0.29) is 11.9 Å². The lowest BCUT2D eigenvalue weighted by Gasteiger charge is -2.05. The second kappa shape index (κ2) is 28.2. The first kappa shape index (κ1) is 32.9. The Morgan fingerprint density at radius 1 is 0.382 bits per heavy atom. The highest BCUT2D eigenvalue weighted by Crippen LogP contribution is 2.14. The number of rotatable bonds is 27. The van der Waals surface area contributed by atoms with E-state index in [4.69, 9.17) is 9.47 Å². The van der Waals surface area contributed by atoms with Crippen molar-refractivity contribution in [3.8, 4) is 0 Å². The summed E-state index contributed by atoms with van der Waals surface area (Å²) in [5.74, 6) is -0.0258. The van der Waals surface area contributed by atoms with Gasteiger partial charge in [0.05, 0.1) is 13.2 Å². The third kappa shape index (κ3) is 27.2. The van der Waals surface area contributed by atoms with E-state index in [1.165, 1.54) is 89.9 Å². The van der Waals surface area contributed by atoms with Crippen LogP contribution in [0.25, 0.3) is 0 Å². The highest BCUT2D eigenvalue weighted by molar-refractivity contribution is 5.69. The third-order valence-electron chi connectivity index (χ3n) is 6.53. The van der Waals surface area contributed by atoms with Crippen molar-refractivity contribution in [2.75, 3.05) is 13.2 Å². The number of hydrogen-bond donors (Lipinski definition) is 0. The maximum absolute atomic E-state index is 11.5. The molecule has 0 aromatic rings. The first-order chi connectivity index (χ1) is 16.7. The minimum absolute atomic E-state index is 0.0129. The molecular formula is C30H58O4. The van der Waals surface area contributed by atoms with Gasteiger partial charge >= 0.3 is 11.9 Å². The van der Waals surface area contributed by atoms with Crippen LogP contribution in [0.15, 0.2) is 0 Å². The first-order valence-corrected chi connectivity index (χ1v) is 15.0. The fraction of sp³-hybridized carbons (Fsp3) is 0.933. The van der Waals surface area contributed by atoms with Crippen molar-refractivity contribution in [2.24, 2.45) is 0 Å². The number of ether oxygens (including phenoxy) is 2. The van der Waals surface area contributed by atoms with Gasteiger partial charge in [-0.15, -0.1) is 0 Å². The van der Waals surface area contributed by atoms with Gasteiger partial charge in [-0.1, -0.05) is 129 Å². The van der Waals surface area contributed by atoms with Crippen molar-refractivity contribution in [2.45, 2.75) is 168 Å². The van der Waals surface area contributed by atoms with Crippen LogP contribution in [0.3, 0.4) is 0 Å². The van der Waals surface area contributed by atoms with E-state index in [0.717, 1.165) is 51.4 Å². The number of esters is 2. The van der Waals surface area contributed by atoms with Crippen LogP contribution in [0.1, 0.15) is 168 Å². The largest absolute Gasteiger partial charge is 0.466 e. The average molecular weight is 483 g/mol. The standard InChI is InChI=1S/C30H58O4/c1-3-5-21-25-29(31)33-27-23-19-17-15-13-11-9-7-8-10-12-14-16-18-20-24-28-34-30(32)26-22-6-4-2/h3-28H2,1-2H3. The summed E-state index contributed by atoms with van der Waals surface area (Å²) in [5.41, 5.74) is 0. The zero-order chi connectivity index (χ0) is 25.0. The molecule has 202 valence electrons. The number of carbonyl (C=O) groups is 2. The van der Waals surface area contributed by atoms with E-state index in [1.54, 1.807) is 0 Å². The van der Waals surface area contributed by atoms with Gasteiger partial charge in [-0.2, -0.15) is 0 Å². The van der Waals surface area contributed by atoms with Gasteiger partial charge < -0.3 is 9.47 Å². The molecule has 0 saturated heterocycles. The molecule has 0 unspecified atom stereocenters. The fourth-order valence-corrected chi connectivity index (χ4v) is 4.23. The van der Waals surface area contributed by atoms with Crippen LogP contribution in [-0.2, 0) is 19.1 Å². The number of carbonyl (C=O) groups excluding carboxylic acids is 2. The van der Waals surface area contributed by atoms with Crippen molar-refractivity contribution in [1.82, 2.24) is 0 Å². The lowest BCUT2D eigenvalue weighted by molar-refractivity contribution is -0.144. The monoisotopic (exact) mass is 482 g/mol. The Kier molecular flexibility index (Phi) is 27.3. The van der Waals surface area contributed by atoms with Crippen molar-refractivity contribution in [3.63, 3.8) is 0 Å². The van der Waals surface area contributed by atoms with E-state index < -0.39 is 0 Å². The van der Waals surface area contributed by atoms with Gasteiger partial charge in [0.2, 0.25) is 0 Å². The molecule has 0 spiro atoms. The van der Waals surface area contributed by atoms with Gasteiger partial charge in [0.1, 0.15) is 0 Å². The zero-order valence-corrected chi connectivity index (χ0v) is 23.0. The molecule has 0 saturated carbocycles. The first-order valence-electron chi connectivity index (χ1n) is 15.0. The number of unbranched alkanes of at least 4 members (excludes halogenated alkanes) is 19. The Balaban J connectivity index is 3.12. The summed E-state index contributed by atoms with van der Waals surface area (Å²) in [6, 6.07) is 0. The Bertz CT molecular complexity index is 396. The molecule has 0 rings (SSSR count). The average Bonchev–Trinajstić information content (AvgIpc) is 2.83. The summed E-state index contributed by atoms with van der Waals surface area (Å²) in [5, 5.41) is 0. The summed E-state index contributed by atoms with van der Waals surface area (Å²) < 4.78 is 10.6. The smallest absolute Gasteiger partial charge is 0.305 e. The fourth-order valence-electron chi connectivity index (χ4n) is 4.23.